The van der Waals surface area contributed by atoms with E-state index < -0.39 is 34.8 Å². The maximum Gasteiger partial charge on any atom is 0.336 e. The van der Waals surface area contributed by atoms with E-state index in [1.165, 1.54) is 6.07 Å². The number of rotatable bonds is 6. The van der Waals surface area contributed by atoms with Crippen molar-refractivity contribution in [1.82, 2.24) is 4.98 Å². The van der Waals surface area contributed by atoms with E-state index in [0.717, 1.165) is 0 Å². The fourth-order valence-corrected chi connectivity index (χ4v) is 2.69. The van der Waals surface area contributed by atoms with Gasteiger partial charge in [0.05, 0.1) is 5.56 Å². The maximum atomic E-state index is 11.4. The molecule has 0 bridgehead atoms. The third-order valence-electron chi connectivity index (χ3n) is 3.44. The van der Waals surface area contributed by atoms with Gasteiger partial charge in [-0.1, -0.05) is 6.07 Å². The summed E-state index contributed by atoms with van der Waals surface area (Å²) in [6.45, 7) is 0.347. The van der Waals surface area contributed by atoms with E-state index in [1.54, 1.807) is 19.1 Å². The summed E-state index contributed by atoms with van der Waals surface area (Å²) >= 11 is 0. The molecule has 0 saturated carbocycles. The van der Waals surface area contributed by atoms with Gasteiger partial charge in [-0.2, -0.15) is 0 Å². The highest BCUT2D eigenvalue weighted by Gasteiger charge is 2.30. The largest absolute Gasteiger partial charge is 0.478 e. The molecule has 0 unspecified atom stereocenters. The van der Waals surface area contributed by atoms with Gasteiger partial charge in [-0.15, -0.1) is 0 Å². The first-order valence-corrected chi connectivity index (χ1v) is 6.39. The normalized spacial score (nSPS) is 11.0. The number of nitrogens with one attached hydrogen (secondary N) is 1. The summed E-state index contributed by atoms with van der Waals surface area (Å²) < 4.78 is 0. The number of H-pyrrole nitrogens is 1. The Morgan fingerprint density at radius 3 is 2.36 bits per heavy atom. The molecule has 22 heavy (non-hydrogen) atoms. The topological polar surface area (TPSA) is 139 Å². The van der Waals surface area contributed by atoms with Crippen molar-refractivity contribution in [3.63, 3.8) is 0 Å². The van der Waals surface area contributed by atoms with Crippen molar-refractivity contribution < 1.29 is 19.7 Å². The molecule has 0 radical (unpaired) electrons. The number of fused-ring (bicyclic) bond motifs is 1. The van der Waals surface area contributed by atoms with Crippen LogP contribution in [0, 0.1) is 27.2 Å². The minimum absolute atomic E-state index is 0.0338. The average molecular weight is 307 g/mol. The number of carboxylic acid groups (broad SMARTS) is 1. The quantitative estimate of drug-likeness (QED) is 0.616. The van der Waals surface area contributed by atoms with Crippen molar-refractivity contribution >= 4 is 16.9 Å². The van der Waals surface area contributed by atoms with Crippen LogP contribution in [0.5, 0.6) is 0 Å². The zero-order valence-corrected chi connectivity index (χ0v) is 11.6. The van der Waals surface area contributed by atoms with Crippen LogP contribution in [-0.4, -0.2) is 39.0 Å². The van der Waals surface area contributed by atoms with E-state index in [0.29, 0.717) is 22.2 Å². The first-order chi connectivity index (χ1) is 10.3. The number of nitro groups is 2. The minimum Gasteiger partial charge on any atom is -0.478 e. The summed E-state index contributed by atoms with van der Waals surface area (Å²) in [5, 5.41) is 31.2. The van der Waals surface area contributed by atoms with Crippen molar-refractivity contribution in [2.24, 2.45) is 0 Å². The van der Waals surface area contributed by atoms with Crippen LogP contribution >= 0.6 is 0 Å². The lowest BCUT2D eigenvalue weighted by molar-refractivity contribution is -0.516. The van der Waals surface area contributed by atoms with E-state index in [4.69, 9.17) is 0 Å². The molecule has 1 aromatic heterocycles. The Morgan fingerprint density at radius 1 is 1.27 bits per heavy atom. The van der Waals surface area contributed by atoms with Gasteiger partial charge in [-0.05, 0) is 24.6 Å². The minimum atomic E-state index is -1.19. The van der Waals surface area contributed by atoms with Crippen LogP contribution in [0.25, 0.3) is 10.9 Å². The fourth-order valence-electron chi connectivity index (χ4n) is 2.69. The molecule has 0 aliphatic rings. The third kappa shape index (κ3) is 2.87. The van der Waals surface area contributed by atoms with Gasteiger partial charge >= 0.3 is 5.97 Å². The van der Waals surface area contributed by atoms with Gasteiger partial charge < -0.3 is 10.1 Å². The van der Waals surface area contributed by atoms with Gasteiger partial charge in [-0.3, -0.25) is 20.2 Å². The maximum absolute atomic E-state index is 11.4. The number of carbonyl (C=O) groups is 1. The van der Waals surface area contributed by atoms with Gasteiger partial charge in [0.2, 0.25) is 13.1 Å². The van der Waals surface area contributed by atoms with E-state index in [-0.39, 0.29) is 5.56 Å². The summed E-state index contributed by atoms with van der Waals surface area (Å²) in [5.74, 6) is -2.19. The van der Waals surface area contributed by atoms with Crippen molar-refractivity contribution in [2.45, 2.75) is 12.8 Å². The predicted molar refractivity (Wildman–Crippen MR) is 76.5 cm³/mol. The van der Waals surface area contributed by atoms with Crippen LogP contribution in [0.15, 0.2) is 18.2 Å². The summed E-state index contributed by atoms with van der Waals surface area (Å²) in [4.78, 5) is 34.7. The van der Waals surface area contributed by atoms with Crippen molar-refractivity contribution in [3.8, 4) is 0 Å². The molecule has 2 rings (SSSR count). The van der Waals surface area contributed by atoms with E-state index in [2.05, 4.69) is 4.98 Å². The molecule has 0 aliphatic carbocycles. The third-order valence-corrected chi connectivity index (χ3v) is 3.44. The van der Waals surface area contributed by atoms with E-state index in [1.807, 2.05) is 0 Å². The first kappa shape index (κ1) is 15.4. The Kier molecular flexibility index (Phi) is 4.06. The second-order valence-electron chi connectivity index (χ2n) is 4.92. The van der Waals surface area contributed by atoms with Gasteiger partial charge in [-0.25, -0.2) is 4.79 Å². The lowest BCUT2D eigenvalue weighted by Crippen LogP contribution is -2.21. The number of aromatic amines is 1. The second kappa shape index (κ2) is 5.80. The standard InChI is InChI=1S/C13H13N3O6/c1-7-11(8(5-15(19)20)6-16(21)22)12-9(13(17)18)3-2-4-10(12)14-7/h2-4,8,14H,5-6H2,1H3,(H,17,18). The number of benzene rings is 1. The van der Waals surface area contributed by atoms with Gasteiger partial charge in [0.15, 0.2) is 0 Å². The molecular weight excluding hydrogens is 294 g/mol. The molecule has 2 N–H and O–H groups in total. The zero-order valence-electron chi connectivity index (χ0n) is 11.6. The first-order valence-electron chi connectivity index (χ1n) is 6.39. The number of aryl methyl sites for hydroxylation is 1. The molecule has 1 aromatic carbocycles. The Hall–Kier alpha value is -2.97. The lowest BCUT2D eigenvalue weighted by Gasteiger charge is -2.10. The molecule has 2 aromatic rings. The Morgan fingerprint density at radius 2 is 1.86 bits per heavy atom. The molecule has 0 saturated heterocycles. The molecule has 0 fully saturated rings. The van der Waals surface area contributed by atoms with Crippen LogP contribution in [0.1, 0.15) is 27.5 Å². The molecule has 1 heterocycles. The monoisotopic (exact) mass is 307 g/mol. The van der Waals surface area contributed by atoms with Crippen molar-refractivity contribution in [1.29, 1.82) is 0 Å². The fraction of sp³-hybridized carbons (Fsp3) is 0.308. The Bertz CT molecular complexity index is 750. The van der Waals surface area contributed by atoms with Crippen LogP contribution in [0.4, 0.5) is 0 Å². The number of carboxylic acids is 1. The summed E-state index contributed by atoms with van der Waals surface area (Å²) in [5.41, 5.74) is 1.27. The lowest BCUT2D eigenvalue weighted by atomic mass is 9.93. The summed E-state index contributed by atoms with van der Waals surface area (Å²) in [6.07, 6.45) is 0. The van der Waals surface area contributed by atoms with Gasteiger partial charge in [0.25, 0.3) is 0 Å². The van der Waals surface area contributed by atoms with Gasteiger partial charge in [0.1, 0.15) is 5.92 Å². The molecule has 0 amide bonds. The number of aromatic nitrogens is 1. The van der Waals surface area contributed by atoms with Gasteiger partial charge in [0, 0.05) is 26.4 Å². The molecule has 9 nitrogen and oxygen atoms in total. The summed E-state index contributed by atoms with van der Waals surface area (Å²) in [6, 6.07) is 4.55. The number of nitrogens with zero attached hydrogens (tertiary/aromatic N) is 2. The van der Waals surface area contributed by atoms with Crippen LogP contribution < -0.4 is 0 Å². The van der Waals surface area contributed by atoms with Crippen molar-refractivity contribution in [3.05, 3.63) is 55.2 Å². The molecule has 9 heteroatoms. The zero-order chi connectivity index (χ0) is 16.4. The average Bonchev–Trinajstić information content (AvgIpc) is 2.72. The van der Waals surface area contributed by atoms with Crippen molar-refractivity contribution in [2.75, 3.05) is 13.1 Å². The highest BCUT2D eigenvalue weighted by atomic mass is 16.6. The number of hydrogen-bond donors (Lipinski definition) is 2. The number of hydrogen-bond acceptors (Lipinski definition) is 5. The molecule has 116 valence electrons. The molecule has 0 spiro atoms. The van der Waals surface area contributed by atoms with E-state index in [9.17, 15) is 30.1 Å². The molecule has 0 aliphatic heterocycles. The van der Waals surface area contributed by atoms with Crippen LogP contribution in [0.3, 0.4) is 0 Å². The van der Waals surface area contributed by atoms with E-state index >= 15 is 0 Å². The van der Waals surface area contributed by atoms with Crippen LogP contribution in [-0.2, 0) is 0 Å². The van der Waals surface area contributed by atoms with Crippen LogP contribution in [0.2, 0.25) is 0 Å². The Labute approximate surface area is 123 Å². The second-order valence-corrected chi connectivity index (χ2v) is 4.92. The highest BCUT2D eigenvalue weighted by Crippen LogP contribution is 2.32. The predicted octanol–water partition coefficient (Wildman–Crippen LogP) is 1.81. The molecular formula is C13H13N3O6. The SMILES string of the molecule is Cc1[nH]c2cccc(C(=O)O)c2c1C(C[N+](=O)[O-])C[N+](=O)[O-]. The smallest absolute Gasteiger partial charge is 0.336 e. The molecule has 0 atom stereocenters. The Balaban J connectivity index is 2.70. The number of aromatic carboxylic acids is 1. The highest BCUT2D eigenvalue weighted by molar-refractivity contribution is 6.05. The summed E-state index contributed by atoms with van der Waals surface area (Å²) in [7, 11) is 0.